The lowest BCUT2D eigenvalue weighted by Crippen LogP contribution is -2.47. The van der Waals surface area contributed by atoms with Gasteiger partial charge in [-0.25, -0.2) is 13.5 Å². The molecular formula is C15H16F2N8O. The molecule has 0 saturated carbocycles. The van der Waals surface area contributed by atoms with Crippen molar-refractivity contribution in [3.8, 4) is 0 Å². The molecule has 26 heavy (non-hydrogen) atoms. The van der Waals surface area contributed by atoms with Gasteiger partial charge in [-0.15, -0.1) is 15.3 Å². The summed E-state index contributed by atoms with van der Waals surface area (Å²) in [7, 11) is 0. The predicted molar refractivity (Wildman–Crippen MR) is 89.7 cm³/mol. The fraction of sp³-hybridized carbons (Fsp3) is 0.400. The van der Waals surface area contributed by atoms with E-state index in [4.69, 9.17) is 0 Å². The van der Waals surface area contributed by atoms with Crippen LogP contribution in [0.1, 0.15) is 0 Å². The topological polar surface area (TPSA) is 84.5 Å². The van der Waals surface area contributed by atoms with Gasteiger partial charge in [-0.2, -0.15) is 9.61 Å². The Bertz CT molecular complexity index is 963. The summed E-state index contributed by atoms with van der Waals surface area (Å²) in [5.74, 6) is 0.822. The van der Waals surface area contributed by atoms with Crippen molar-refractivity contribution in [2.45, 2.75) is 13.0 Å². The minimum Gasteiger partial charge on any atom is -0.367 e. The Balaban J connectivity index is 1.44. The first-order chi connectivity index (χ1) is 12.6. The number of nitrogens with zero attached hydrogens (tertiary/aromatic N) is 8. The van der Waals surface area contributed by atoms with E-state index in [9.17, 15) is 13.6 Å². The molecule has 0 aliphatic carbocycles. The lowest BCUT2D eigenvalue weighted by molar-refractivity contribution is 0.119. The number of piperazine rings is 1. The molecule has 3 aromatic heterocycles. The van der Waals surface area contributed by atoms with Gasteiger partial charge in [-0.05, 0) is 12.1 Å². The number of aromatic nitrogens is 6. The Morgan fingerprint density at radius 1 is 1.12 bits per heavy atom. The van der Waals surface area contributed by atoms with Gasteiger partial charge in [0.05, 0.1) is 11.9 Å². The fourth-order valence-electron chi connectivity index (χ4n) is 2.95. The average molecular weight is 362 g/mol. The average Bonchev–Trinajstić information content (AvgIpc) is 3.11. The number of hydrogen-bond acceptors (Lipinski definition) is 7. The van der Waals surface area contributed by atoms with Crippen LogP contribution in [-0.4, -0.2) is 62.2 Å². The van der Waals surface area contributed by atoms with Gasteiger partial charge in [-0.1, -0.05) is 0 Å². The summed E-state index contributed by atoms with van der Waals surface area (Å²) in [6.07, 6.45) is 0.404. The summed E-state index contributed by atoms with van der Waals surface area (Å²) in [5, 5.41) is 16.0. The second kappa shape index (κ2) is 6.65. The zero-order valence-corrected chi connectivity index (χ0v) is 13.7. The minimum atomic E-state index is -2.61. The van der Waals surface area contributed by atoms with Crippen LogP contribution >= 0.6 is 0 Å². The van der Waals surface area contributed by atoms with E-state index >= 15 is 0 Å². The van der Waals surface area contributed by atoms with Gasteiger partial charge in [-0.3, -0.25) is 4.79 Å². The molecular weight excluding hydrogens is 346 g/mol. The van der Waals surface area contributed by atoms with Crippen molar-refractivity contribution in [2.75, 3.05) is 36.0 Å². The van der Waals surface area contributed by atoms with Crippen LogP contribution < -0.4 is 15.4 Å². The van der Waals surface area contributed by atoms with Crippen molar-refractivity contribution in [3.63, 3.8) is 0 Å². The molecule has 3 aromatic rings. The van der Waals surface area contributed by atoms with E-state index in [0.717, 1.165) is 10.5 Å². The Hall–Kier alpha value is -3.11. The SMILES string of the molecule is O=c1cc(N2CCN(c3ccc4nncn4n3)CC2)cnn1CC(F)F. The number of hydrogen-bond donors (Lipinski definition) is 0. The van der Waals surface area contributed by atoms with E-state index < -0.39 is 18.5 Å². The molecule has 0 aromatic carbocycles. The van der Waals surface area contributed by atoms with Crippen LogP contribution in [0.3, 0.4) is 0 Å². The highest BCUT2D eigenvalue weighted by Crippen LogP contribution is 2.17. The molecule has 1 aliphatic heterocycles. The third-order valence-electron chi connectivity index (χ3n) is 4.28. The van der Waals surface area contributed by atoms with Crippen LogP contribution in [0.2, 0.25) is 0 Å². The van der Waals surface area contributed by atoms with Crippen molar-refractivity contribution >= 4 is 17.2 Å². The number of rotatable bonds is 4. The highest BCUT2D eigenvalue weighted by molar-refractivity contribution is 5.49. The van der Waals surface area contributed by atoms with Crippen LogP contribution in [0.25, 0.3) is 5.65 Å². The summed E-state index contributed by atoms with van der Waals surface area (Å²) in [4.78, 5) is 16.0. The van der Waals surface area contributed by atoms with Crippen molar-refractivity contribution in [2.24, 2.45) is 0 Å². The van der Waals surface area contributed by atoms with Gasteiger partial charge in [0.15, 0.2) is 5.65 Å². The molecule has 0 amide bonds. The van der Waals surface area contributed by atoms with Crippen LogP contribution in [0.5, 0.6) is 0 Å². The van der Waals surface area contributed by atoms with E-state index in [1.807, 2.05) is 17.0 Å². The first-order valence-electron chi connectivity index (χ1n) is 8.12. The number of alkyl halides is 2. The molecule has 9 nitrogen and oxygen atoms in total. The molecule has 1 fully saturated rings. The van der Waals surface area contributed by atoms with Gasteiger partial charge in [0, 0.05) is 32.2 Å². The van der Waals surface area contributed by atoms with Crippen LogP contribution in [-0.2, 0) is 6.54 Å². The first kappa shape index (κ1) is 16.4. The first-order valence-corrected chi connectivity index (χ1v) is 8.12. The van der Waals surface area contributed by atoms with Crippen LogP contribution in [0.15, 0.2) is 35.5 Å². The molecule has 11 heteroatoms. The highest BCUT2D eigenvalue weighted by atomic mass is 19.3. The zero-order valence-electron chi connectivity index (χ0n) is 13.7. The fourth-order valence-corrected chi connectivity index (χ4v) is 2.95. The summed E-state index contributed by atoms with van der Waals surface area (Å²) in [6, 6.07) is 5.10. The van der Waals surface area contributed by atoms with Crippen molar-refractivity contribution in [1.29, 1.82) is 0 Å². The molecule has 0 N–H and O–H groups in total. The van der Waals surface area contributed by atoms with Crippen LogP contribution in [0, 0.1) is 0 Å². The summed E-state index contributed by atoms with van der Waals surface area (Å²) in [5.41, 5.74) is 0.801. The maximum Gasteiger partial charge on any atom is 0.269 e. The van der Waals surface area contributed by atoms with Gasteiger partial charge in [0.25, 0.3) is 12.0 Å². The molecule has 1 aliphatic rings. The van der Waals surface area contributed by atoms with Gasteiger partial charge < -0.3 is 9.80 Å². The maximum atomic E-state index is 12.4. The second-order valence-electron chi connectivity index (χ2n) is 5.92. The summed E-state index contributed by atoms with van der Waals surface area (Å²) in [6.45, 7) is 2.06. The summed E-state index contributed by atoms with van der Waals surface area (Å²) < 4.78 is 27.2. The Kier molecular flexibility index (Phi) is 4.19. The lowest BCUT2D eigenvalue weighted by atomic mass is 10.3. The van der Waals surface area contributed by atoms with Gasteiger partial charge in [0.2, 0.25) is 0 Å². The third kappa shape index (κ3) is 3.19. The Morgan fingerprint density at radius 2 is 1.88 bits per heavy atom. The monoisotopic (exact) mass is 362 g/mol. The number of anilines is 2. The maximum absolute atomic E-state index is 12.4. The highest BCUT2D eigenvalue weighted by Gasteiger charge is 2.20. The molecule has 0 radical (unpaired) electrons. The van der Waals surface area contributed by atoms with Gasteiger partial charge in [0.1, 0.15) is 18.7 Å². The molecule has 136 valence electrons. The molecule has 1 saturated heterocycles. The predicted octanol–water partition coefficient (Wildman–Crippen LogP) is 0.273. The smallest absolute Gasteiger partial charge is 0.269 e. The number of halogens is 2. The number of fused-ring (bicyclic) bond motifs is 1. The van der Waals surface area contributed by atoms with Gasteiger partial charge >= 0.3 is 0 Å². The van der Waals surface area contributed by atoms with Crippen molar-refractivity contribution in [3.05, 3.63) is 41.1 Å². The van der Waals surface area contributed by atoms with E-state index in [1.54, 1.807) is 10.8 Å². The molecule has 0 spiro atoms. The largest absolute Gasteiger partial charge is 0.367 e. The molecule has 4 heterocycles. The molecule has 0 unspecified atom stereocenters. The van der Waals surface area contributed by atoms with E-state index in [2.05, 4.69) is 25.3 Å². The van der Waals surface area contributed by atoms with E-state index in [1.165, 1.54) is 12.3 Å². The minimum absolute atomic E-state index is 0.523. The second-order valence-corrected chi connectivity index (χ2v) is 5.92. The normalized spacial score (nSPS) is 15.2. The van der Waals surface area contributed by atoms with Crippen LogP contribution in [0.4, 0.5) is 20.3 Å². The Morgan fingerprint density at radius 3 is 2.62 bits per heavy atom. The molecule has 4 rings (SSSR count). The van der Waals surface area contributed by atoms with Crippen molar-refractivity contribution in [1.82, 2.24) is 29.6 Å². The van der Waals surface area contributed by atoms with E-state index in [-0.39, 0.29) is 0 Å². The van der Waals surface area contributed by atoms with Crippen molar-refractivity contribution < 1.29 is 8.78 Å². The third-order valence-corrected chi connectivity index (χ3v) is 4.28. The lowest BCUT2D eigenvalue weighted by Gasteiger charge is -2.36. The molecule has 0 bridgehead atoms. The zero-order chi connectivity index (χ0) is 18.1. The quantitative estimate of drug-likeness (QED) is 0.659. The Labute approximate surface area is 146 Å². The molecule has 0 atom stereocenters. The summed E-state index contributed by atoms with van der Waals surface area (Å²) >= 11 is 0. The van der Waals surface area contributed by atoms with E-state index in [0.29, 0.717) is 37.5 Å². The standard InChI is InChI=1S/C15H16F2N8O/c16-12(17)9-24-15(26)7-11(8-19-24)22-3-5-23(6-4-22)14-2-1-13-20-18-10-25(13)21-14/h1-2,7-8,10,12H,3-6,9H2.